The van der Waals surface area contributed by atoms with E-state index in [1.54, 1.807) is 29.7 Å². The fourth-order valence-corrected chi connectivity index (χ4v) is 2.26. The van der Waals surface area contributed by atoms with Gasteiger partial charge in [-0.1, -0.05) is 0 Å². The molecule has 0 radical (unpaired) electrons. The van der Waals surface area contributed by atoms with Crippen LogP contribution in [0.25, 0.3) is 0 Å². The van der Waals surface area contributed by atoms with Crippen molar-refractivity contribution in [3.8, 4) is 5.88 Å². The van der Waals surface area contributed by atoms with Crippen LogP contribution in [0.3, 0.4) is 0 Å². The molecule has 2 rings (SSSR count). The Morgan fingerprint density at radius 1 is 1.61 bits per heavy atom. The van der Waals surface area contributed by atoms with E-state index in [0.717, 1.165) is 11.3 Å². The molecule has 0 bridgehead atoms. The Morgan fingerprint density at radius 2 is 2.39 bits per heavy atom. The van der Waals surface area contributed by atoms with E-state index in [0.29, 0.717) is 18.1 Å². The molecule has 1 amide bonds. The van der Waals surface area contributed by atoms with Crippen LogP contribution in [0.5, 0.6) is 5.88 Å². The molecule has 2 aromatic heterocycles. The van der Waals surface area contributed by atoms with Gasteiger partial charge >= 0.3 is 0 Å². The second-order valence-electron chi connectivity index (χ2n) is 3.75. The van der Waals surface area contributed by atoms with Gasteiger partial charge < -0.3 is 10.1 Å². The smallest absolute Gasteiger partial charge is 0.271 e. The van der Waals surface area contributed by atoms with E-state index in [4.69, 9.17) is 4.74 Å². The topological polar surface area (TPSA) is 69.0 Å². The second-order valence-corrected chi connectivity index (χ2v) is 4.47. The Morgan fingerprint density at radius 3 is 3.00 bits per heavy atom. The van der Waals surface area contributed by atoms with Crippen LogP contribution < -0.4 is 10.1 Å². The molecular weight excluding hydrogens is 252 g/mol. The third-order valence-corrected chi connectivity index (χ3v) is 3.16. The quantitative estimate of drug-likeness (QED) is 0.900. The van der Waals surface area contributed by atoms with E-state index in [2.05, 4.69) is 15.4 Å². The van der Waals surface area contributed by atoms with Gasteiger partial charge in [0.25, 0.3) is 5.91 Å². The third kappa shape index (κ3) is 2.35. The number of aryl methyl sites for hydroxylation is 2. The molecule has 1 N–H and O–H groups in total. The highest BCUT2D eigenvalue weighted by atomic mass is 32.1. The fraction of sp³-hybridized carbons (Fsp3) is 0.364. The van der Waals surface area contributed by atoms with Gasteiger partial charge in [0.2, 0.25) is 5.88 Å². The van der Waals surface area contributed by atoms with E-state index in [1.165, 1.54) is 11.3 Å². The van der Waals surface area contributed by atoms with Crippen molar-refractivity contribution in [1.29, 1.82) is 0 Å². The van der Waals surface area contributed by atoms with Crippen LogP contribution in [0, 0.1) is 6.92 Å². The molecule has 0 fully saturated rings. The van der Waals surface area contributed by atoms with E-state index in [-0.39, 0.29) is 5.91 Å². The molecule has 0 aliphatic heterocycles. The molecule has 0 aliphatic carbocycles. The van der Waals surface area contributed by atoms with Crippen LogP contribution in [0.4, 0.5) is 0 Å². The van der Waals surface area contributed by atoms with E-state index >= 15 is 0 Å². The maximum atomic E-state index is 11.8. The molecule has 18 heavy (non-hydrogen) atoms. The second kappa shape index (κ2) is 5.18. The first-order valence-corrected chi connectivity index (χ1v) is 6.30. The van der Waals surface area contributed by atoms with E-state index in [9.17, 15) is 4.79 Å². The number of nitrogens with one attached hydrogen (secondary N) is 1. The Bertz CT molecular complexity index is 548. The lowest BCUT2D eigenvalue weighted by atomic mass is 10.2. The monoisotopic (exact) mass is 266 g/mol. The summed E-state index contributed by atoms with van der Waals surface area (Å²) in [5, 5.41) is 8.76. The number of hydrogen-bond donors (Lipinski definition) is 1. The lowest BCUT2D eigenvalue weighted by Gasteiger charge is -2.06. The lowest BCUT2D eigenvalue weighted by molar-refractivity contribution is 0.0946. The van der Waals surface area contributed by atoms with E-state index < -0.39 is 0 Å². The van der Waals surface area contributed by atoms with Gasteiger partial charge in [0.1, 0.15) is 5.69 Å². The number of aromatic nitrogens is 3. The standard InChI is InChI=1S/C11H14N4O2S/c1-7-8(11(17-3)15(2)14-7)4-12-10(16)9-5-18-6-13-9/h5-6H,4H2,1-3H3,(H,12,16). The number of methoxy groups -OCH3 is 1. The van der Waals surface area contributed by atoms with Crippen molar-refractivity contribution in [1.82, 2.24) is 20.1 Å². The number of nitrogens with zero attached hydrogens (tertiary/aromatic N) is 3. The molecule has 0 aliphatic rings. The first-order chi connectivity index (χ1) is 8.63. The number of carbonyl (C=O) groups is 1. The molecule has 0 spiro atoms. The number of ether oxygens (including phenoxy) is 1. The normalized spacial score (nSPS) is 10.4. The maximum Gasteiger partial charge on any atom is 0.271 e. The molecule has 0 aromatic carbocycles. The molecule has 2 aromatic rings. The van der Waals surface area contributed by atoms with Crippen LogP contribution in [0.1, 0.15) is 21.7 Å². The Kier molecular flexibility index (Phi) is 3.61. The number of carbonyl (C=O) groups excluding carboxylic acids is 1. The fourth-order valence-electron chi connectivity index (χ4n) is 1.72. The van der Waals surface area contributed by atoms with Gasteiger partial charge in [-0.15, -0.1) is 11.3 Å². The highest BCUT2D eigenvalue weighted by molar-refractivity contribution is 7.07. The summed E-state index contributed by atoms with van der Waals surface area (Å²) in [5.74, 6) is 0.465. The first kappa shape index (κ1) is 12.6. The average Bonchev–Trinajstić information content (AvgIpc) is 2.94. The summed E-state index contributed by atoms with van der Waals surface area (Å²) in [4.78, 5) is 15.7. The molecule has 0 unspecified atom stereocenters. The summed E-state index contributed by atoms with van der Waals surface area (Å²) >= 11 is 1.39. The maximum absolute atomic E-state index is 11.8. The largest absolute Gasteiger partial charge is 0.481 e. The van der Waals surface area contributed by atoms with Gasteiger partial charge in [0, 0.05) is 12.4 Å². The average molecular weight is 266 g/mol. The molecule has 0 saturated heterocycles. The van der Waals surface area contributed by atoms with E-state index in [1.807, 2.05) is 6.92 Å². The van der Waals surface area contributed by atoms with Gasteiger partial charge in [-0.3, -0.25) is 4.79 Å². The summed E-state index contributed by atoms with van der Waals surface area (Å²) in [7, 11) is 3.39. The predicted octanol–water partition coefficient (Wildman–Crippen LogP) is 1.12. The molecule has 0 saturated carbocycles. The zero-order valence-corrected chi connectivity index (χ0v) is 11.2. The van der Waals surface area contributed by atoms with Crippen molar-refractivity contribution in [2.24, 2.45) is 7.05 Å². The minimum Gasteiger partial charge on any atom is -0.481 e. The van der Waals surface area contributed by atoms with Crippen molar-refractivity contribution >= 4 is 17.2 Å². The lowest BCUT2D eigenvalue weighted by Crippen LogP contribution is -2.23. The van der Waals surface area contributed by atoms with Gasteiger partial charge in [0.05, 0.1) is 30.4 Å². The van der Waals surface area contributed by atoms with Gasteiger partial charge in [0.15, 0.2) is 0 Å². The minimum atomic E-state index is -0.193. The number of hydrogen-bond acceptors (Lipinski definition) is 5. The summed E-state index contributed by atoms with van der Waals surface area (Å²) in [6, 6.07) is 0. The van der Waals surface area contributed by atoms with Crippen molar-refractivity contribution in [2.75, 3.05) is 7.11 Å². The Hall–Kier alpha value is -1.89. The van der Waals surface area contributed by atoms with Crippen LogP contribution in [0.2, 0.25) is 0 Å². The van der Waals surface area contributed by atoms with Crippen LogP contribution in [-0.4, -0.2) is 27.8 Å². The zero-order chi connectivity index (χ0) is 13.1. The number of amides is 1. The summed E-state index contributed by atoms with van der Waals surface area (Å²) in [6.45, 7) is 2.26. The van der Waals surface area contributed by atoms with Crippen molar-refractivity contribution in [3.05, 3.63) is 27.8 Å². The summed E-state index contributed by atoms with van der Waals surface area (Å²) in [5.41, 5.74) is 3.78. The SMILES string of the molecule is COc1c(CNC(=O)c2cscn2)c(C)nn1C. The molecule has 7 heteroatoms. The molecule has 2 heterocycles. The predicted molar refractivity (Wildman–Crippen MR) is 67.8 cm³/mol. The number of thiazole rings is 1. The van der Waals surface area contributed by atoms with Crippen LogP contribution in [0.15, 0.2) is 10.9 Å². The Balaban J connectivity index is 2.09. The van der Waals surface area contributed by atoms with Crippen LogP contribution >= 0.6 is 11.3 Å². The van der Waals surface area contributed by atoms with Crippen molar-refractivity contribution in [2.45, 2.75) is 13.5 Å². The summed E-state index contributed by atoms with van der Waals surface area (Å²) in [6.07, 6.45) is 0. The molecule has 96 valence electrons. The van der Waals surface area contributed by atoms with Gasteiger partial charge in [-0.25, -0.2) is 9.67 Å². The van der Waals surface area contributed by atoms with Gasteiger partial charge in [-0.05, 0) is 6.92 Å². The number of rotatable bonds is 4. The Labute approximate surface area is 109 Å². The highest BCUT2D eigenvalue weighted by Gasteiger charge is 2.15. The van der Waals surface area contributed by atoms with Crippen molar-refractivity contribution < 1.29 is 9.53 Å². The molecule has 0 atom stereocenters. The summed E-state index contributed by atoms with van der Waals surface area (Å²) < 4.78 is 6.91. The third-order valence-electron chi connectivity index (χ3n) is 2.57. The minimum absolute atomic E-state index is 0.193. The first-order valence-electron chi connectivity index (χ1n) is 5.36. The molecular formula is C11H14N4O2S. The molecule has 6 nitrogen and oxygen atoms in total. The van der Waals surface area contributed by atoms with Crippen LogP contribution in [-0.2, 0) is 13.6 Å². The van der Waals surface area contributed by atoms with Gasteiger partial charge in [-0.2, -0.15) is 5.10 Å². The highest BCUT2D eigenvalue weighted by Crippen LogP contribution is 2.20. The van der Waals surface area contributed by atoms with Crippen molar-refractivity contribution in [3.63, 3.8) is 0 Å². The zero-order valence-electron chi connectivity index (χ0n) is 10.4.